The van der Waals surface area contributed by atoms with Crippen molar-refractivity contribution in [3.8, 4) is 0 Å². The van der Waals surface area contributed by atoms with Crippen LogP contribution in [0.25, 0.3) is 0 Å². The minimum atomic E-state index is 0.513. The van der Waals surface area contributed by atoms with E-state index in [0.29, 0.717) is 5.88 Å². The van der Waals surface area contributed by atoms with Gasteiger partial charge < -0.3 is 4.90 Å². The molecule has 4 heteroatoms. The highest BCUT2D eigenvalue weighted by atomic mass is 35.5. The molecule has 20 heavy (non-hydrogen) atoms. The van der Waals surface area contributed by atoms with Crippen LogP contribution >= 0.6 is 22.9 Å². The van der Waals surface area contributed by atoms with Crippen LogP contribution in [0.1, 0.15) is 28.2 Å². The molecule has 0 unspecified atom stereocenters. The number of rotatable bonds is 6. The predicted octanol–water partition coefficient (Wildman–Crippen LogP) is 4.57. The minimum absolute atomic E-state index is 0.513. The number of thiazole rings is 1. The standard InChI is InChI=1S/C16H21ClN2S/c1-12-6-7-15(13(2)9-12)19(3)8-4-5-16-18-14(10-17)11-20-16/h6-7,9,11H,4-5,8,10H2,1-3H3. The maximum Gasteiger partial charge on any atom is 0.0929 e. The van der Waals surface area contributed by atoms with E-state index in [9.17, 15) is 0 Å². The van der Waals surface area contributed by atoms with E-state index >= 15 is 0 Å². The first-order valence-corrected chi connectivity index (χ1v) is 8.29. The van der Waals surface area contributed by atoms with Gasteiger partial charge in [0.1, 0.15) is 0 Å². The predicted molar refractivity (Wildman–Crippen MR) is 89.2 cm³/mol. The summed E-state index contributed by atoms with van der Waals surface area (Å²) in [4.78, 5) is 6.82. The molecule has 0 saturated heterocycles. The number of benzene rings is 1. The monoisotopic (exact) mass is 308 g/mol. The van der Waals surface area contributed by atoms with E-state index in [4.69, 9.17) is 11.6 Å². The number of aryl methyl sites for hydroxylation is 3. The van der Waals surface area contributed by atoms with Gasteiger partial charge in [0, 0.05) is 31.1 Å². The van der Waals surface area contributed by atoms with Crippen molar-refractivity contribution in [2.24, 2.45) is 0 Å². The van der Waals surface area contributed by atoms with Gasteiger partial charge in [0.05, 0.1) is 16.6 Å². The molecule has 0 bridgehead atoms. The van der Waals surface area contributed by atoms with Gasteiger partial charge in [-0.3, -0.25) is 0 Å². The Morgan fingerprint density at radius 1 is 1.30 bits per heavy atom. The van der Waals surface area contributed by atoms with E-state index in [-0.39, 0.29) is 0 Å². The smallest absolute Gasteiger partial charge is 0.0929 e. The SMILES string of the molecule is Cc1ccc(N(C)CCCc2nc(CCl)cs2)c(C)c1. The van der Waals surface area contributed by atoms with E-state index in [1.807, 2.05) is 0 Å². The van der Waals surface area contributed by atoms with Crippen molar-refractivity contribution in [1.82, 2.24) is 4.98 Å². The Kier molecular flexibility index (Phi) is 5.44. The Morgan fingerprint density at radius 2 is 2.10 bits per heavy atom. The summed E-state index contributed by atoms with van der Waals surface area (Å²) >= 11 is 7.48. The van der Waals surface area contributed by atoms with Crippen LogP contribution in [0.5, 0.6) is 0 Å². The second-order valence-electron chi connectivity index (χ2n) is 5.18. The molecular weight excluding hydrogens is 288 g/mol. The number of nitrogens with zero attached hydrogens (tertiary/aromatic N) is 2. The summed E-state index contributed by atoms with van der Waals surface area (Å²) in [5.41, 5.74) is 4.97. The van der Waals surface area contributed by atoms with Crippen LogP contribution in [0.4, 0.5) is 5.69 Å². The number of hydrogen-bond acceptors (Lipinski definition) is 3. The summed E-state index contributed by atoms with van der Waals surface area (Å²) in [6.45, 7) is 5.35. The van der Waals surface area contributed by atoms with Crippen molar-refractivity contribution in [3.63, 3.8) is 0 Å². The van der Waals surface area contributed by atoms with E-state index in [1.54, 1.807) is 11.3 Å². The minimum Gasteiger partial charge on any atom is -0.374 e. The third kappa shape index (κ3) is 3.97. The molecule has 0 radical (unpaired) electrons. The summed E-state index contributed by atoms with van der Waals surface area (Å²) < 4.78 is 0. The lowest BCUT2D eigenvalue weighted by Gasteiger charge is -2.21. The summed E-state index contributed by atoms with van der Waals surface area (Å²) in [6.07, 6.45) is 2.13. The summed E-state index contributed by atoms with van der Waals surface area (Å²) in [5.74, 6) is 0.513. The first-order chi connectivity index (χ1) is 9.60. The van der Waals surface area contributed by atoms with Gasteiger partial charge in [-0.1, -0.05) is 17.7 Å². The van der Waals surface area contributed by atoms with Crippen molar-refractivity contribution < 1.29 is 0 Å². The third-order valence-electron chi connectivity index (χ3n) is 3.38. The van der Waals surface area contributed by atoms with Crippen LogP contribution in [0, 0.1) is 13.8 Å². The zero-order valence-electron chi connectivity index (χ0n) is 12.3. The molecule has 1 aromatic carbocycles. The molecule has 1 aromatic heterocycles. The van der Waals surface area contributed by atoms with E-state index in [2.05, 4.69) is 54.4 Å². The number of aromatic nitrogens is 1. The second kappa shape index (κ2) is 7.09. The van der Waals surface area contributed by atoms with Gasteiger partial charge in [0.25, 0.3) is 0 Å². The topological polar surface area (TPSA) is 16.1 Å². The number of halogens is 1. The zero-order valence-corrected chi connectivity index (χ0v) is 13.9. The summed E-state index contributed by atoms with van der Waals surface area (Å²) in [7, 11) is 2.16. The fourth-order valence-electron chi connectivity index (χ4n) is 2.35. The number of anilines is 1. The Bertz CT molecular complexity index is 565. The quantitative estimate of drug-likeness (QED) is 0.727. The molecular formula is C16H21ClN2S. The molecule has 0 aliphatic heterocycles. The lowest BCUT2D eigenvalue weighted by atomic mass is 10.1. The first kappa shape index (κ1) is 15.3. The van der Waals surface area contributed by atoms with Crippen LogP contribution < -0.4 is 4.90 Å². The van der Waals surface area contributed by atoms with Crippen molar-refractivity contribution >= 4 is 28.6 Å². The maximum absolute atomic E-state index is 5.77. The maximum atomic E-state index is 5.77. The highest BCUT2D eigenvalue weighted by molar-refractivity contribution is 7.09. The fraction of sp³-hybridized carbons (Fsp3) is 0.438. The van der Waals surface area contributed by atoms with Gasteiger partial charge in [0.2, 0.25) is 0 Å². The van der Waals surface area contributed by atoms with Crippen molar-refractivity contribution in [2.75, 3.05) is 18.5 Å². The van der Waals surface area contributed by atoms with Gasteiger partial charge in [-0.25, -0.2) is 4.98 Å². The molecule has 0 spiro atoms. The lowest BCUT2D eigenvalue weighted by Crippen LogP contribution is -2.20. The molecule has 2 rings (SSSR count). The molecule has 0 atom stereocenters. The van der Waals surface area contributed by atoms with Gasteiger partial charge in [-0.2, -0.15) is 0 Å². The van der Waals surface area contributed by atoms with Crippen LogP contribution in [-0.4, -0.2) is 18.6 Å². The van der Waals surface area contributed by atoms with Crippen LogP contribution in [0.15, 0.2) is 23.6 Å². The molecule has 2 nitrogen and oxygen atoms in total. The Hall–Kier alpha value is -1.06. The summed E-state index contributed by atoms with van der Waals surface area (Å²) in [5, 5.41) is 3.24. The van der Waals surface area contributed by atoms with Crippen LogP contribution in [-0.2, 0) is 12.3 Å². The Morgan fingerprint density at radius 3 is 2.75 bits per heavy atom. The van der Waals surface area contributed by atoms with Crippen molar-refractivity contribution in [3.05, 3.63) is 45.4 Å². The normalized spacial score (nSPS) is 10.8. The first-order valence-electron chi connectivity index (χ1n) is 6.88. The molecule has 0 N–H and O–H groups in total. The molecule has 2 aromatic rings. The molecule has 0 aliphatic carbocycles. The van der Waals surface area contributed by atoms with E-state index in [0.717, 1.165) is 25.1 Å². The van der Waals surface area contributed by atoms with Crippen molar-refractivity contribution in [1.29, 1.82) is 0 Å². The summed E-state index contributed by atoms with van der Waals surface area (Å²) in [6, 6.07) is 6.62. The molecule has 0 amide bonds. The molecule has 1 heterocycles. The second-order valence-corrected chi connectivity index (χ2v) is 6.39. The van der Waals surface area contributed by atoms with E-state index in [1.165, 1.54) is 21.8 Å². The highest BCUT2D eigenvalue weighted by Gasteiger charge is 2.06. The molecule has 0 fully saturated rings. The van der Waals surface area contributed by atoms with Gasteiger partial charge in [0.15, 0.2) is 0 Å². The average Bonchev–Trinajstić information content (AvgIpc) is 2.86. The van der Waals surface area contributed by atoms with Crippen molar-refractivity contribution in [2.45, 2.75) is 32.6 Å². The zero-order chi connectivity index (χ0) is 14.5. The highest BCUT2D eigenvalue weighted by Crippen LogP contribution is 2.20. The number of alkyl halides is 1. The Balaban J connectivity index is 1.87. The average molecular weight is 309 g/mol. The Labute approximate surface area is 130 Å². The fourth-order valence-corrected chi connectivity index (χ4v) is 3.42. The van der Waals surface area contributed by atoms with Gasteiger partial charge in [-0.15, -0.1) is 22.9 Å². The van der Waals surface area contributed by atoms with Crippen LogP contribution in [0.2, 0.25) is 0 Å². The van der Waals surface area contributed by atoms with E-state index < -0.39 is 0 Å². The van der Waals surface area contributed by atoms with Gasteiger partial charge in [-0.05, 0) is 31.9 Å². The molecule has 0 aliphatic rings. The van der Waals surface area contributed by atoms with Crippen LogP contribution in [0.3, 0.4) is 0 Å². The van der Waals surface area contributed by atoms with Gasteiger partial charge >= 0.3 is 0 Å². The molecule has 108 valence electrons. The third-order valence-corrected chi connectivity index (χ3v) is 4.62. The molecule has 0 saturated carbocycles. The number of hydrogen-bond donors (Lipinski definition) is 0. The largest absolute Gasteiger partial charge is 0.374 e. The lowest BCUT2D eigenvalue weighted by molar-refractivity contribution is 0.778.